The Morgan fingerprint density at radius 2 is 1.94 bits per heavy atom. The van der Waals surface area contributed by atoms with Crippen LogP contribution in [0.3, 0.4) is 0 Å². The second-order valence-electron chi connectivity index (χ2n) is 5.63. The Balaban J connectivity index is 2.07. The molecule has 2 fully saturated rings. The van der Waals surface area contributed by atoms with Crippen LogP contribution in [0, 0.1) is 5.92 Å². The maximum atomic E-state index is 10.7. The molecule has 0 aromatic carbocycles. The topological polar surface area (TPSA) is 32.7 Å². The molecule has 0 spiro atoms. The van der Waals surface area contributed by atoms with Gasteiger partial charge in [-0.15, -0.1) is 0 Å². The molecule has 0 bridgehead atoms. The van der Waals surface area contributed by atoms with Crippen molar-refractivity contribution in [2.45, 2.75) is 50.2 Å². The zero-order valence-corrected chi connectivity index (χ0v) is 10.6. The molecule has 1 N–H and O–H groups in total. The summed E-state index contributed by atoms with van der Waals surface area (Å²) in [5.74, 6) is 0.342. The molecule has 2 unspecified atom stereocenters. The number of ether oxygens (including phenoxy) is 1. The number of hydrogen-bond acceptors (Lipinski definition) is 3. The summed E-state index contributed by atoms with van der Waals surface area (Å²) in [5.41, 5.74) is 0.0192. The van der Waals surface area contributed by atoms with E-state index in [4.69, 9.17) is 4.74 Å². The molecule has 1 heterocycles. The lowest BCUT2D eigenvalue weighted by Crippen LogP contribution is -2.55. The number of likely N-dealkylation sites (N-methyl/N-ethyl adjacent to an activating group) is 1. The Labute approximate surface area is 98.8 Å². The molecule has 0 aromatic heterocycles. The van der Waals surface area contributed by atoms with Crippen molar-refractivity contribution in [3.05, 3.63) is 0 Å². The van der Waals surface area contributed by atoms with Crippen LogP contribution in [0.2, 0.25) is 0 Å². The molecule has 0 amide bonds. The minimum absolute atomic E-state index is 0.0192. The second-order valence-corrected chi connectivity index (χ2v) is 5.63. The highest BCUT2D eigenvalue weighted by atomic mass is 16.5. The van der Waals surface area contributed by atoms with E-state index in [0.29, 0.717) is 5.92 Å². The molecule has 1 saturated heterocycles. The molecule has 3 nitrogen and oxygen atoms in total. The van der Waals surface area contributed by atoms with Gasteiger partial charge in [-0.25, -0.2) is 0 Å². The third-order valence-electron chi connectivity index (χ3n) is 4.55. The van der Waals surface area contributed by atoms with Crippen LogP contribution in [-0.4, -0.2) is 49.0 Å². The van der Waals surface area contributed by atoms with Gasteiger partial charge in [0.2, 0.25) is 0 Å². The molecule has 2 atom stereocenters. The van der Waals surface area contributed by atoms with E-state index in [1.165, 1.54) is 12.8 Å². The number of aliphatic hydroxyl groups excluding tert-OH is 1. The molecule has 2 rings (SSSR count). The third kappa shape index (κ3) is 2.13. The van der Waals surface area contributed by atoms with Crippen molar-refractivity contribution >= 4 is 0 Å². The third-order valence-corrected chi connectivity index (χ3v) is 4.55. The van der Waals surface area contributed by atoms with Crippen molar-refractivity contribution in [2.24, 2.45) is 5.92 Å². The molecule has 94 valence electrons. The normalized spacial score (nSPS) is 31.9. The minimum atomic E-state index is -0.217. The molecule has 1 aliphatic carbocycles. The molecule has 0 aromatic rings. The summed E-state index contributed by atoms with van der Waals surface area (Å²) >= 11 is 0. The van der Waals surface area contributed by atoms with Gasteiger partial charge >= 0.3 is 0 Å². The van der Waals surface area contributed by atoms with Crippen molar-refractivity contribution < 1.29 is 9.84 Å². The van der Waals surface area contributed by atoms with Crippen molar-refractivity contribution in [1.29, 1.82) is 0 Å². The van der Waals surface area contributed by atoms with Crippen molar-refractivity contribution in [2.75, 3.05) is 27.3 Å². The highest BCUT2D eigenvalue weighted by Crippen LogP contribution is 2.40. The summed E-state index contributed by atoms with van der Waals surface area (Å²) in [7, 11) is 4.22. The van der Waals surface area contributed by atoms with E-state index in [2.05, 4.69) is 19.0 Å². The average molecular weight is 227 g/mol. The van der Waals surface area contributed by atoms with Gasteiger partial charge in [-0.1, -0.05) is 12.8 Å². The first-order valence-corrected chi connectivity index (χ1v) is 6.60. The smallest absolute Gasteiger partial charge is 0.0773 e. The Kier molecular flexibility index (Phi) is 3.88. The van der Waals surface area contributed by atoms with E-state index in [1.807, 2.05) is 0 Å². The molecule has 2 aliphatic rings. The van der Waals surface area contributed by atoms with Crippen molar-refractivity contribution in [3.63, 3.8) is 0 Å². The lowest BCUT2D eigenvalue weighted by atomic mass is 9.79. The van der Waals surface area contributed by atoms with Crippen LogP contribution >= 0.6 is 0 Å². The van der Waals surface area contributed by atoms with E-state index >= 15 is 0 Å². The summed E-state index contributed by atoms with van der Waals surface area (Å²) in [6.07, 6.45) is 6.79. The Morgan fingerprint density at radius 3 is 2.44 bits per heavy atom. The highest BCUT2D eigenvalue weighted by molar-refractivity contribution is 5.01. The SMILES string of the molecule is CN(C)C1(C(O)C2CCCOC2)CCCC1. The predicted molar refractivity (Wildman–Crippen MR) is 64.4 cm³/mol. The van der Waals surface area contributed by atoms with Gasteiger partial charge in [0.05, 0.1) is 12.7 Å². The quantitative estimate of drug-likeness (QED) is 0.795. The van der Waals surface area contributed by atoms with Gasteiger partial charge in [-0.3, -0.25) is 0 Å². The first-order chi connectivity index (χ1) is 7.67. The highest BCUT2D eigenvalue weighted by Gasteiger charge is 2.45. The summed E-state index contributed by atoms with van der Waals surface area (Å²) in [6, 6.07) is 0. The van der Waals surface area contributed by atoms with Crippen LogP contribution in [-0.2, 0) is 4.74 Å². The van der Waals surface area contributed by atoms with E-state index in [1.54, 1.807) is 0 Å². The maximum Gasteiger partial charge on any atom is 0.0773 e. The monoisotopic (exact) mass is 227 g/mol. The van der Waals surface area contributed by atoms with E-state index in [-0.39, 0.29) is 11.6 Å². The van der Waals surface area contributed by atoms with Gasteiger partial charge in [0.25, 0.3) is 0 Å². The number of nitrogens with zero attached hydrogens (tertiary/aromatic N) is 1. The Hall–Kier alpha value is -0.120. The number of rotatable bonds is 3. The van der Waals surface area contributed by atoms with Crippen LogP contribution < -0.4 is 0 Å². The van der Waals surface area contributed by atoms with Gasteiger partial charge in [0.1, 0.15) is 0 Å². The first-order valence-electron chi connectivity index (χ1n) is 6.60. The maximum absolute atomic E-state index is 10.7. The second kappa shape index (κ2) is 5.03. The summed E-state index contributed by atoms with van der Waals surface area (Å²) < 4.78 is 5.51. The van der Waals surface area contributed by atoms with Gasteiger partial charge < -0.3 is 14.7 Å². The average Bonchev–Trinajstić information content (AvgIpc) is 2.79. The molecule has 1 saturated carbocycles. The van der Waals surface area contributed by atoms with Crippen molar-refractivity contribution in [1.82, 2.24) is 4.90 Å². The fraction of sp³-hybridized carbons (Fsp3) is 1.00. The number of aliphatic hydroxyl groups is 1. The van der Waals surface area contributed by atoms with Gasteiger partial charge in [0, 0.05) is 18.1 Å². The van der Waals surface area contributed by atoms with Crippen LogP contribution in [0.5, 0.6) is 0 Å². The van der Waals surface area contributed by atoms with Crippen molar-refractivity contribution in [3.8, 4) is 0 Å². The summed E-state index contributed by atoms with van der Waals surface area (Å²) in [4.78, 5) is 2.25. The fourth-order valence-electron chi connectivity index (χ4n) is 3.45. The summed E-state index contributed by atoms with van der Waals surface area (Å²) in [5, 5.41) is 10.7. The van der Waals surface area contributed by atoms with Crippen LogP contribution in [0.25, 0.3) is 0 Å². The van der Waals surface area contributed by atoms with Gasteiger partial charge in [0.15, 0.2) is 0 Å². The standard InChI is InChI=1S/C13H25NO2/c1-14(2)13(7-3-4-8-13)12(15)11-6-5-9-16-10-11/h11-12,15H,3-10H2,1-2H3. The molecule has 1 aliphatic heterocycles. The predicted octanol–water partition coefficient (Wildman–Crippen LogP) is 1.65. The van der Waals surface area contributed by atoms with Gasteiger partial charge in [-0.2, -0.15) is 0 Å². The Morgan fingerprint density at radius 1 is 1.25 bits per heavy atom. The first kappa shape index (κ1) is 12.3. The molecule has 16 heavy (non-hydrogen) atoms. The lowest BCUT2D eigenvalue weighted by molar-refractivity contribution is -0.0797. The van der Waals surface area contributed by atoms with Crippen LogP contribution in [0.15, 0.2) is 0 Å². The fourth-order valence-corrected chi connectivity index (χ4v) is 3.45. The molecule has 3 heteroatoms. The van der Waals surface area contributed by atoms with Gasteiger partial charge in [-0.05, 0) is 39.8 Å². The minimum Gasteiger partial charge on any atom is -0.391 e. The van der Waals surface area contributed by atoms with Crippen LogP contribution in [0.4, 0.5) is 0 Å². The zero-order valence-electron chi connectivity index (χ0n) is 10.6. The summed E-state index contributed by atoms with van der Waals surface area (Å²) in [6.45, 7) is 1.62. The molecule has 0 radical (unpaired) electrons. The molecular formula is C13H25NO2. The number of hydrogen-bond donors (Lipinski definition) is 1. The van der Waals surface area contributed by atoms with Crippen LogP contribution in [0.1, 0.15) is 38.5 Å². The zero-order chi connectivity index (χ0) is 11.6. The van der Waals surface area contributed by atoms with E-state index in [9.17, 15) is 5.11 Å². The van der Waals surface area contributed by atoms with E-state index in [0.717, 1.165) is 38.9 Å². The Bertz CT molecular complexity index is 218. The molecular weight excluding hydrogens is 202 g/mol. The lowest BCUT2D eigenvalue weighted by Gasteiger charge is -2.44. The largest absolute Gasteiger partial charge is 0.391 e. The van der Waals surface area contributed by atoms with E-state index < -0.39 is 0 Å².